The van der Waals surface area contributed by atoms with E-state index in [4.69, 9.17) is 0 Å². The summed E-state index contributed by atoms with van der Waals surface area (Å²) in [4.78, 5) is 15.0. The number of pyridine rings is 1. The second-order valence-electron chi connectivity index (χ2n) is 3.48. The molecule has 0 unspecified atom stereocenters. The minimum atomic E-state index is -0.510. The van der Waals surface area contributed by atoms with E-state index in [1.165, 1.54) is 18.3 Å². The van der Waals surface area contributed by atoms with Gasteiger partial charge in [-0.05, 0) is 18.1 Å². The Labute approximate surface area is 82.4 Å². The molecule has 1 rings (SSSR count). The van der Waals surface area contributed by atoms with Crippen molar-refractivity contribution in [3.63, 3.8) is 0 Å². The van der Waals surface area contributed by atoms with Crippen LogP contribution in [0.2, 0.25) is 0 Å². The SMILES string of the molecule is CC(C)CC(=O)Nc1ncccc1F. The van der Waals surface area contributed by atoms with E-state index in [1.54, 1.807) is 0 Å². The molecule has 76 valence electrons. The maximum Gasteiger partial charge on any atom is 0.225 e. The molecular formula is C10H13FN2O. The van der Waals surface area contributed by atoms with E-state index >= 15 is 0 Å². The van der Waals surface area contributed by atoms with Crippen LogP contribution in [-0.4, -0.2) is 10.9 Å². The molecule has 14 heavy (non-hydrogen) atoms. The Balaban J connectivity index is 2.61. The Morgan fingerprint density at radius 1 is 1.64 bits per heavy atom. The predicted octanol–water partition coefficient (Wildman–Crippen LogP) is 2.21. The molecular weight excluding hydrogens is 183 g/mol. The van der Waals surface area contributed by atoms with Crippen molar-refractivity contribution in [3.8, 4) is 0 Å². The highest BCUT2D eigenvalue weighted by Crippen LogP contribution is 2.09. The van der Waals surface area contributed by atoms with Gasteiger partial charge in [-0.25, -0.2) is 9.37 Å². The van der Waals surface area contributed by atoms with Crippen molar-refractivity contribution in [3.05, 3.63) is 24.1 Å². The van der Waals surface area contributed by atoms with Gasteiger partial charge < -0.3 is 5.32 Å². The first-order valence-electron chi connectivity index (χ1n) is 4.50. The van der Waals surface area contributed by atoms with E-state index < -0.39 is 5.82 Å². The van der Waals surface area contributed by atoms with Crippen LogP contribution in [0.5, 0.6) is 0 Å². The first kappa shape index (κ1) is 10.6. The molecule has 1 aromatic heterocycles. The van der Waals surface area contributed by atoms with Crippen LogP contribution in [0.4, 0.5) is 10.2 Å². The number of halogens is 1. The topological polar surface area (TPSA) is 42.0 Å². The molecule has 0 spiro atoms. The van der Waals surface area contributed by atoms with Gasteiger partial charge in [0, 0.05) is 12.6 Å². The van der Waals surface area contributed by atoms with Crippen LogP contribution < -0.4 is 5.32 Å². The monoisotopic (exact) mass is 196 g/mol. The van der Waals surface area contributed by atoms with Gasteiger partial charge in [0.2, 0.25) is 5.91 Å². The highest BCUT2D eigenvalue weighted by molar-refractivity contribution is 5.89. The highest BCUT2D eigenvalue weighted by atomic mass is 19.1. The molecule has 0 aliphatic rings. The summed E-state index contributed by atoms with van der Waals surface area (Å²) in [6.45, 7) is 3.85. The van der Waals surface area contributed by atoms with Gasteiger partial charge in [-0.2, -0.15) is 0 Å². The zero-order valence-electron chi connectivity index (χ0n) is 8.25. The van der Waals surface area contributed by atoms with Gasteiger partial charge in [0.25, 0.3) is 0 Å². The molecule has 3 nitrogen and oxygen atoms in total. The summed E-state index contributed by atoms with van der Waals surface area (Å²) in [5, 5.41) is 2.42. The molecule has 1 heterocycles. The molecule has 0 aromatic carbocycles. The van der Waals surface area contributed by atoms with Gasteiger partial charge in [-0.1, -0.05) is 13.8 Å². The van der Waals surface area contributed by atoms with Crippen molar-refractivity contribution in [2.24, 2.45) is 5.92 Å². The fourth-order valence-corrected chi connectivity index (χ4v) is 1.03. The fourth-order valence-electron chi connectivity index (χ4n) is 1.03. The fraction of sp³-hybridized carbons (Fsp3) is 0.400. The van der Waals surface area contributed by atoms with Gasteiger partial charge in [-0.15, -0.1) is 0 Å². The van der Waals surface area contributed by atoms with Crippen molar-refractivity contribution in [2.45, 2.75) is 20.3 Å². The first-order chi connectivity index (χ1) is 6.59. The average molecular weight is 196 g/mol. The zero-order chi connectivity index (χ0) is 10.6. The minimum Gasteiger partial charge on any atom is -0.308 e. The standard InChI is InChI=1S/C10H13FN2O/c1-7(2)6-9(14)13-10-8(11)4-3-5-12-10/h3-5,7H,6H2,1-2H3,(H,12,13,14). The Kier molecular flexibility index (Phi) is 3.56. The molecule has 0 atom stereocenters. The van der Waals surface area contributed by atoms with Crippen LogP contribution in [-0.2, 0) is 4.79 Å². The molecule has 4 heteroatoms. The van der Waals surface area contributed by atoms with Crippen LogP contribution >= 0.6 is 0 Å². The molecule has 0 fully saturated rings. The molecule has 0 radical (unpaired) electrons. The highest BCUT2D eigenvalue weighted by Gasteiger charge is 2.08. The zero-order valence-corrected chi connectivity index (χ0v) is 8.25. The van der Waals surface area contributed by atoms with Crippen molar-refractivity contribution >= 4 is 11.7 Å². The van der Waals surface area contributed by atoms with E-state index in [0.29, 0.717) is 6.42 Å². The number of nitrogens with zero attached hydrogens (tertiary/aromatic N) is 1. The third-order valence-corrected chi connectivity index (χ3v) is 1.61. The number of carbonyl (C=O) groups is 1. The van der Waals surface area contributed by atoms with Crippen LogP contribution in [0.15, 0.2) is 18.3 Å². The lowest BCUT2D eigenvalue weighted by molar-refractivity contribution is -0.116. The molecule has 1 amide bonds. The summed E-state index contributed by atoms with van der Waals surface area (Å²) < 4.78 is 13.0. The second kappa shape index (κ2) is 4.69. The Hall–Kier alpha value is -1.45. The van der Waals surface area contributed by atoms with Crippen LogP contribution in [0.1, 0.15) is 20.3 Å². The van der Waals surface area contributed by atoms with E-state index in [0.717, 1.165) is 0 Å². The van der Waals surface area contributed by atoms with Crippen LogP contribution in [0, 0.1) is 11.7 Å². The van der Waals surface area contributed by atoms with E-state index in [9.17, 15) is 9.18 Å². The maximum absolute atomic E-state index is 13.0. The van der Waals surface area contributed by atoms with Crippen LogP contribution in [0.3, 0.4) is 0 Å². The summed E-state index contributed by atoms with van der Waals surface area (Å²) in [5.74, 6) is -0.470. The molecule has 0 aliphatic heterocycles. The molecule has 1 aromatic rings. The number of hydrogen-bond acceptors (Lipinski definition) is 2. The number of carbonyl (C=O) groups excluding carboxylic acids is 1. The van der Waals surface area contributed by atoms with Gasteiger partial charge in [-0.3, -0.25) is 4.79 Å². The minimum absolute atomic E-state index is 0.00171. The number of hydrogen-bond donors (Lipinski definition) is 1. The van der Waals surface area contributed by atoms with Gasteiger partial charge in [0.15, 0.2) is 11.6 Å². The summed E-state index contributed by atoms with van der Waals surface area (Å²) in [7, 11) is 0. The van der Waals surface area contributed by atoms with E-state index in [1.807, 2.05) is 13.8 Å². The molecule has 1 N–H and O–H groups in total. The number of anilines is 1. The average Bonchev–Trinajstić information content (AvgIpc) is 2.07. The lowest BCUT2D eigenvalue weighted by atomic mass is 10.1. The number of nitrogens with one attached hydrogen (secondary N) is 1. The molecule has 0 bridgehead atoms. The van der Waals surface area contributed by atoms with Gasteiger partial charge in [0.1, 0.15) is 0 Å². The normalized spacial score (nSPS) is 10.3. The number of amides is 1. The smallest absolute Gasteiger partial charge is 0.225 e. The summed E-state index contributed by atoms with van der Waals surface area (Å²) >= 11 is 0. The van der Waals surface area contributed by atoms with Crippen molar-refractivity contribution in [1.82, 2.24) is 4.98 Å². The Morgan fingerprint density at radius 2 is 2.36 bits per heavy atom. The number of rotatable bonds is 3. The lowest BCUT2D eigenvalue weighted by Crippen LogP contribution is -2.15. The molecule has 0 saturated heterocycles. The van der Waals surface area contributed by atoms with Crippen molar-refractivity contribution in [2.75, 3.05) is 5.32 Å². The third kappa shape index (κ3) is 3.12. The summed E-state index contributed by atoms with van der Waals surface area (Å²) in [5.41, 5.74) is 0. The molecule has 0 saturated carbocycles. The summed E-state index contributed by atoms with van der Waals surface area (Å²) in [6.07, 6.45) is 1.81. The van der Waals surface area contributed by atoms with Crippen molar-refractivity contribution < 1.29 is 9.18 Å². The lowest BCUT2D eigenvalue weighted by Gasteiger charge is -2.06. The predicted molar refractivity (Wildman–Crippen MR) is 52.3 cm³/mol. The first-order valence-corrected chi connectivity index (χ1v) is 4.50. The van der Waals surface area contributed by atoms with Crippen LogP contribution in [0.25, 0.3) is 0 Å². The Bertz CT molecular complexity index is 326. The Morgan fingerprint density at radius 3 is 2.93 bits per heavy atom. The summed E-state index contributed by atoms with van der Waals surface area (Å²) in [6, 6.07) is 2.74. The maximum atomic E-state index is 13.0. The van der Waals surface area contributed by atoms with Gasteiger partial charge in [0.05, 0.1) is 0 Å². The van der Waals surface area contributed by atoms with E-state index in [-0.39, 0.29) is 17.6 Å². The molecule has 0 aliphatic carbocycles. The van der Waals surface area contributed by atoms with E-state index in [2.05, 4.69) is 10.3 Å². The number of aromatic nitrogens is 1. The third-order valence-electron chi connectivity index (χ3n) is 1.61. The quantitative estimate of drug-likeness (QED) is 0.805. The largest absolute Gasteiger partial charge is 0.308 e. The van der Waals surface area contributed by atoms with Gasteiger partial charge >= 0.3 is 0 Å². The second-order valence-corrected chi connectivity index (χ2v) is 3.48. The van der Waals surface area contributed by atoms with Crippen molar-refractivity contribution in [1.29, 1.82) is 0 Å².